The molecule has 0 amide bonds. The Labute approximate surface area is 106 Å². The summed E-state index contributed by atoms with van der Waals surface area (Å²) in [4.78, 5) is 0. The molecule has 0 spiro atoms. The Kier molecular flexibility index (Phi) is 3.43. The molecule has 1 atom stereocenters. The number of nitriles is 1. The smallest absolute Gasteiger partial charge is 0.152 e. The minimum absolute atomic E-state index is 0.120. The van der Waals surface area contributed by atoms with Gasteiger partial charge in [0.15, 0.2) is 9.84 Å². The lowest BCUT2D eigenvalue weighted by atomic mass is 10.1. The van der Waals surface area contributed by atoms with Crippen molar-refractivity contribution in [2.45, 2.75) is 12.5 Å². The van der Waals surface area contributed by atoms with Crippen molar-refractivity contribution in [1.29, 1.82) is 5.26 Å². The molecule has 0 radical (unpaired) electrons. The number of sulfone groups is 1. The van der Waals surface area contributed by atoms with Crippen molar-refractivity contribution in [3.63, 3.8) is 0 Å². The van der Waals surface area contributed by atoms with Crippen LogP contribution in [0.15, 0.2) is 18.2 Å². The van der Waals surface area contributed by atoms with Gasteiger partial charge in [0.1, 0.15) is 11.8 Å². The van der Waals surface area contributed by atoms with Gasteiger partial charge >= 0.3 is 0 Å². The number of rotatable bonds is 3. The van der Waals surface area contributed by atoms with Crippen LogP contribution in [-0.4, -0.2) is 33.1 Å². The van der Waals surface area contributed by atoms with E-state index in [0.29, 0.717) is 23.4 Å². The van der Waals surface area contributed by atoms with Gasteiger partial charge in [-0.15, -0.1) is 0 Å². The van der Waals surface area contributed by atoms with Crippen molar-refractivity contribution in [1.82, 2.24) is 0 Å². The maximum atomic E-state index is 11.4. The van der Waals surface area contributed by atoms with Crippen LogP contribution in [0.25, 0.3) is 0 Å². The molecule has 1 aromatic rings. The second-order valence-electron chi connectivity index (χ2n) is 4.27. The summed E-state index contributed by atoms with van der Waals surface area (Å²) in [5, 5.41) is 12.1. The van der Waals surface area contributed by atoms with Gasteiger partial charge in [-0.2, -0.15) is 5.26 Å². The van der Waals surface area contributed by atoms with Gasteiger partial charge < -0.3 is 10.1 Å². The number of methoxy groups -OCH3 is 1. The number of benzene rings is 1. The molecule has 5 nitrogen and oxygen atoms in total. The molecule has 0 aliphatic carbocycles. The highest BCUT2D eigenvalue weighted by Gasteiger charge is 2.28. The van der Waals surface area contributed by atoms with Crippen LogP contribution in [-0.2, 0) is 9.84 Å². The zero-order valence-corrected chi connectivity index (χ0v) is 10.8. The monoisotopic (exact) mass is 266 g/mol. The average molecular weight is 266 g/mol. The standard InChI is InChI=1S/C12H14N2O3S/c1-17-11-3-2-9(7-13)12(6-11)14-10-4-5-18(15,16)8-10/h2-3,6,10,14H,4-5,8H2,1H3. The molecule has 1 aromatic carbocycles. The fourth-order valence-corrected chi connectivity index (χ4v) is 3.67. The topological polar surface area (TPSA) is 79.2 Å². The molecule has 6 heteroatoms. The van der Waals surface area contributed by atoms with Gasteiger partial charge in [-0.1, -0.05) is 0 Å². The van der Waals surface area contributed by atoms with E-state index >= 15 is 0 Å². The number of ether oxygens (including phenoxy) is 1. The zero-order valence-electron chi connectivity index (χ0n) is 10.0. The van der Waals surface area contributed by atoms with Gasteiger partial charge in [0.25, 0.3) is 0 Å². The molecule has 1 fully saturated rings. The van der Waals surface area contributed by atoms with Gasteiger partial charge in [-0.25, -0.2) is 8.42 Å². The first-order valence-electron chi connectivity index (χ1n) is 5.59. The summed E-state index contributed by atoms with van der Waals surface area (Å²) in [6.07, 6.45) is 0.574. The molecule has 0 aromatic heterocycles. The lowest BCUT2D eigenvalue weighted by molar-refractivity contribution is 0.415. The molecular formula is C12H14N2O3S. The number of anilines is 1. The van der Waals surface area contributed by atoms with Gasteiger partial charge in [0, 0.05) is 12.1 Å². The van der Waals surface area contributed by atoms with Gasteiger partial charge in [-0.3, -0.25) is 0 Å². The van der Waals surface area contributed by atoms with E-state index in [2.05, 4.69) is 11.4 Å². The number of nitrogens with zero attached hydrogens (tertiary/aromatic N) is 1. The lowest BCUT2D eigenvalue weighted by Crippen LogP contribution is -2.21. The van der Waals surface area contributed by atoms with Gasteiger partial charge in [0.05, 0.1) is 29.9 Å². The summed E-state index contributed by atoms with van der Waals surface area (Å²) < 4.78 is 27.9. The fourth-order valence-electron chi connectivity index (χ4n) is 2.00. The van der Waals surface area contributed by atoms with E-state index < -0.39 is 9.84 Å². The summed E-state index contributed by atoms with van der Waals surface area (Å²) in [5.41, 5.74) is 1.11. The maximum absolute atomic E-state index is 11.4. The van der Waals surface area contributed by atoms with Crippen LogP contribution in [0.3, 0.4) is 0 Å². The average Bonchev–Trinajstić information content (AvgIpc) is 2.68. The first-order valence-corrected chi connectivity index (χ1v) is 7.41. The summed E-state index contributed by atoms with van der Waals surface area (Å²) in [5.74, 6) is 0.961. The Balaban J connectivity index is 2.21. The normalized spacial score (nSPS) is 21.2. The van der Waals surface area contributed by atoms with Crippen molar-refractivity contribution < 1.29 is 13.2 Å². The Bertz CT molecular complexity index is 590. The second kappa shape index (κ2) is 4.86. The number of hydrogen-bond donors (Lipinski definition) is 1. The number of nitrogens with one attached hydrogen (secondary N) is 1. The zero-order chi connectivity index (χ0) is 13.2. The van der Waals surface area contributed by atoms with Crippen LogP contribution >= 0.6 is 0 Å². The minimum atomic E-state index is -2.93. The van der Waals surface area contributed by atoms with E-state index in [9.17, 15) is 8.42 Å². The molecule has 1 aliphatic heterocycles. The predicted octanol–water partition coefficient (Wildman–Crippen LogP) is 1.17. The van der Waals surface area contributed by atoms with Crippen LogP contribution in [0.4, 0.5) is 5.69 Å². The third kappa shape index (κ3) is 2.74. The Morgan fingerprint density at radius 2 is 2.28 bits per heavy atom. The van der Waals surface area contributed by atoms with Crippen LogP contribution in [0, 0.1) is 11.3 Å². The first-order chi connectivity index (χ1) is 8.54. The fraction of sp³-hybridized carbons (Fsp3) is 0.417. The van der Waals surface area contributed by atoms with Crippen LogP contribution < -0.4 is 10.1 Å². The van der Waals surface area contributed by atoms with Crippen molar-refractivity contribution in [2.24, 2.45) is 0 Å². The molecule has 18 heavy (non-hydrogen) atoms. The highest BCUT2D eigenvalue weighted by atomic mass is 32.2. The Hall–Kier alpha value is -1.74. The van der Waals surface area contributed by atoms with Crippen LogP contribution in [0.2, 0.25) is 0 Å². The summed E-state index contributed by atoms with van der Waals surface area (Å²) in [6.45, 7) is 0. The van der Waals surface area contributed by atoms with E-state index in [0.717, 1.165) is 0 Å². The van der Waals surface area contributed by atoms with E-state index in [1.165, 1.54) is 0 Å². The third-order valence-electron chi connectivity index (χ3n) is 2.94. The highest BCUT2D eigenvalue weighted by Crippen LogP contribution is 2.25. The summed E-state index contributed by atoms with van der Waals surface area (Å²) >= 11 is 0. The van der Waals surface area contributed by atoms with Crippen molar-refractivity contribution in [2.75, 3.05) is 23.9 Å². The number of hydrogen-bond acceptors (Lipinski definition) is 5. The summed E-state index contributed by atoms with van der Waals surface area (Å²) in [6, 6.07) is 7.02. The first kappa shape index (κ1) is 12.7. The summed E-state index contributed by atoms with van der Waals surface area (Å²) in [7, 11) is -1.38. The van der Waals surface area contributed by atoms with E-state index in [1.807, 2.05) is 0 Å². The SMILES string of the molecule is COc1ccc(C#N)c(NC2CCS(=O)(=O)C2)c1. The van der Waals surface area contributed by atoms with Crippen molar-refractivity contribution >= 4 is 15.5 Å². The van der Waals surface area contributed by atoms with E-state index in [1.54, 1.807) is 25.3 Å². The van der Waals surface area contributed by atoms with Gasteiger partial charge in [0.2, 0.25) is 0 Å². The quantitative estimate of drug-likeness (QED) is 0.888. The molecular weight excluding hydrogens is 252 g/mol. The largest absolute Gasteiger partial charge is 0.497 e. The molecule has 1 saturated heterocycles. The Morgan fingerprint density at radius 3 is 2.83 bits per heavy atom. The lowest BCUT2D eigenvalue weighted by Gasteiger charge is -2.14. The molecule has 96 valence electrons. The molecule has 1 N–H and O–H groups in total. The van der Waals surface area contributed by atoms with Crippen LogP contribution in [0.1, 0.15) is 12.0 Å². The van der Waals surface area contributed by atoms with Crippen molar-refractivity contribution in [3.05, 3.63) is 23.8 Å². The predicted molar refractivity (Wildman–Crippen MR) is 68.4 cm³/mol. The second-order valence-corrected chi connectivity index (χ2v) is 6.50. The van der Waals surface area contributed by atoms with Crippen molar-refractivity contribution in [3.8, 4) is 11.8 Å². The van der Waals surface area contributed by atoms with E-state index in [-0.39, 0.29) is 17.5 Å². The molecule has 0 bridgehead atoms. The Morgan fingerprint density at radius 1 is 1.50 bits per heavy atom. The molecule has 0 saturated carbocycles. The van der Waals surface area contributed by atoms with Crippen LogP contribution in [0.5, 0.6) is 5.75 Å². The minimum Gasteiger partial charge on any atom is -0.497 e. The molecule has 1 heterocycles. The highest BCUT2D eigenvalue weighted by molar-refractivity contribution is 7.91. The van der Waals surface area contributed by atoms with Gasteiger partial charge in [-0.05, 0) is 18.6 Å². The molecule has 1 aliphatic rings. The third-order valence-corrected chi connectivity index (χ3v) is 4.71. The molecule has 2 rings (SSSR count). The van der Waals surface area contributed by atoms with E-state index in [4.69, 9.17) is 10.00 Å². The maximum Gasteiger partial charge on any atom is 0.152 e. The molecule has 1 unspecified atom stereocenters.